The summed E-state index contributed by atoms with van der Waals surface area (Å²) in [5.41, 5.74) is 0. The Morgan fingerprint density at radius 2 is 1.83 bits per heavy atom. The van der Waals surface area contributed by atoms with Crippen LogP contribution in [0.2, 0.25) is 0 Å². The lowest BCUT2D eigenvalue weighted by Crippen LogP contribution is -2.30. The van der Waals surface area contributed by atoms with Crippen molar-refractivity contribution in [1.29, 1.82) is 0 Å². The first-order valence-electron chi connectivity index (χ1n) is 3.16. The lowest BCUT2D eigenvalue weighted by Gasteiger charge is -2.25. The van der Waals surface area contributed by atoms with Crippen LogP contribution in [0.25, 0.3) is 0 Å². The molecule has 3 nitrogen and oxygen atoms in total. The van der Waals surface area contributed by atoms with Crippen molar-refractivity contribution in [3.63, 3.8) is 0 Å². The standard InChI is InChI=1S/C7H9FO3S/c1-12(9,10,11)7-5-3-2-4-6(7)8/h2-5H,1H3,(H2,9,10,11). The second-order valence-electron chi connectivity index (χ2n) is 2.66. The van der Waals surface area contributed by atoms with Crippen molar-refractivity contribution in [1.82, 2.24) is 0 Å². The molecule has 1 aromatic rings. The molecule has 0 aliphatic carbocycles. The molecule has 0 fully saturated rings. The van der Waals surface area contributed by atoms with Gasteiger partial charge in [-0.1, -0.05) is 12.1 Å². The molecule has 0 spiro atoms. The van der Waals surface area contributed by atoms with E-state index in [1.807, 2.05) is 0 Å². The first kappa shape index (κ1) is 9.31. The largest absolute Gasteiger partial charge is 0.304 e. The molecule has 0 atom stereocenters. The molecule has 0 aliphatic heterocycles. The molecule has 0 radical (unpaired) electrons. The molecule has 0 aromatic heterocycles. The van der Waals surface area contributed by atoms with E-state index >= 15 is 0 Å². The van der Waals surface area contributed by atoms with Gasteiger partial charge < -0.3 is 9.11 Å². The number of hydrogen-bond acceptors (Lipinski definition) is 1. The molecule has 2 N–H and O–H groups in total. The number of halogens is 1. The molecular formula is C7H9FO3S. The summed E-state index contributed by atoms with van der Waals surface area (Å²) in [5.74, 6) is -0.887. The van der Waals surface area contributed by atoms with Crippen LogP contribution in [0.15, 0.2) is 29.2 Å². The molecule has 0 amide bonds. The van der Waals surface area contributed by atoms with E-state index in [0.29, 0.717) is 6.26 Å². The van der Waals surface area contributed by atoms with Crippen LogP contribution in [0, 0.1) is 5.82 Å². The lowest BCUT2D eigenvalue weighted by molar-refractivity contribution is 0.391. The lowest BCUT2D eigenvalue weighted by atomic mass is 10.3. The van der Waals surface area contributed by atoms with Crippen molar-refractivity contribution < 1.29 is 17.7 Å². The molecule has 12 heavy (non-hydrogen) atoms. The van der Waals surface area contributed by atoms with Gasteiger partial charge in [0.05, 0.1) is 4.90 Å². The molecule has 1 rings (SSSR count). The van der Waals surface area contributed by atoms with Crippen LogP contribution in [0.5, 0.6) is 0 Å². The predicted octanol–water partition coefficient (Wildman–Crippen LogP) is 1.58. The fourth-order valence-corrected chi connectivity index (χ4v) is 1.73. The molecule has 68 valence electrons. The van der Waals surface area contributed by atoms with Crippen molar-refractivity contribution in [3.05, 3.63) is 30.1 Å². The van der Waals surface area contributed by atoms with Crippen LogP contribution in [-0.2, 0) is 9.63 Å². The maximum Gasteiger partial charge on any atom is 0.141 e. The Morgan fingerprint density at radius 3 is 2.17 bits per heavy atom. The summed E-state index contributed by atoms with van der Waals surface area (Å²) in [7, 11) is -4.92. The van der Waals surface area contributed by atoms with E-state index < -0.39 is 20.3 Å². The van der Waals surface area contributed by atoms with E-state index in [4.69, 9.17) is 9.11 Å². The smallest absolute Gasteiger partial charge is 0.141 e. The SMILES string of the molecule is CS(=O)(O)(O)c1ccccc1F. The highest BCUT2D eigenvalue weighted by Gasteiger charge is 2.28. The third-order valence-electron chi connectivity index (χ3n) is 1.34. The second kappa shape index (κ2) is 2.35. The maximum atomic E-state index is 12.8. The van der Waals surface area contributed by atoms with Crippen molar-refractivity contribution >= 4 is 9.63 Å². The molecule has 0 heterocycles. The van der Waals surface area contributed by atoms with Crippen molar-refractivity contribution in [2.75, 3.05) is 6.26 Å². The summed E-state index contributed by atoms with van der Waals surface area (Å²) in [5, 5.41) is 0. The van der Waals surface area contributed by atoms with E-state index in [2.05, 4.69) is 0 Å². The highest BCUT2D eigenvalue weighted by Crippen LogP contribution is 2.27. The van der Waals surface area contributed by atoms with Gasteiger partial charge in [0, 0.05) is 6.26 Å². The van der Waals surface area contributed by atoms with Crippen LogP contribution < -0.4 is 0 Å². The molecule has 1 aromatic carbocycles. The Labute approximate surface area is 69.3 Å². The van der Waals surface area contributed by atoms with Crippen LogP contribution >= 0.6 is 0 Å². The van der Waals surface area contributed by atoms with Gasteiger partial charge in [-0.3, -0.25) is 0 Å². The monoisotopic (exact) mass is 192 g/mol. The third kappa shape index (κ3) is 1.88. The quantitative estimate of drug-likeness (QED) is 0.710. The number of benzene rings is 1. The third-order valence-corrected chi connectivity index (χ3v) is 2.69. The van der Waals surface area contributed by atoms with Gasteiger partial charge in [-0.05, 0) is 12.1 Å². The Kier molecular flexibility index (Phi) is 1.82. The molecule has 0 aliphatic rings. The molecule has 0 saturated carbocycles. The minimum atomic E-state index is -4.92. The highest BCUT2D eigenvalue weighted by molar-refractivity contribution is 8.09. The van der Waals surface area contributed by atoms with E-state index in [1.54, 1.807) is 0 Å². The average Bonchev–Trinajstić information content (AvgIpc) is 1.84. The minimum absolute atomic E-state index is 0.575. The summed E-state index contributed by atoms with van der Waals surface area (Å²) in [6.45, 7) is 0. The Morgan fingerprint density at radius 1 is 1.33 bits per heavy atom. The summed E-state index contributed by atoms with van der Waals surface area (Å²) >= 11 is 0. The van der Waals surface area contributed by atoms with Gasteiger partial charge in [-0.25, -0.2) is 8.60 Å². The van der Waals surface area contributed by atoms with Gasteiger partial charge >= 0.3 is 0 Å². The number of hydrogen-bond donors (Lipinski definition) is 2. The second-order valence-corrected chi connectivity index (χ2v) is 5.57. The zero-order valence-electron chi connectivity index (χ0n) is 6.40. The Bertz CT molecular complexity index is 358. The molecule has 0 bridgehead atoms. The Balaban J connectivity index is 3.41. The molecule has 0 unspecified atom stereocenters. The molecule has 0 saturated heterocycles. The zero-order valence-corrected chi connectivity index (χ0v) is 7.21. The van der Waals surface area contributed by atoms with Crippen LogP contribution in [0.4, 0.5) is 4.39 Å². The summed E-state index contributed by atoms with van der Waals surface area (Å²) in [6.07, 6.45) is 0.690. The van der Waals surface area contributed by atoms with Crippen molar-refractivity contribution in [2.24, 2.45) is 0 Å². The maximum absolute atomic E-state index is 12.8. The normalized spacial score (nSPS) is 15.2. The number of rotatable bonds is 1. The molecule has 5 heteroatoms. The van der Waals surface area contributed by atoms with E-state index in [0.717, 1.165) is 12.1 Å². The van der Waals surface area contributed by atoms with E-state index in [9.17, 15) is 8.60 Å². The average molecular weight is 192 g/mol. The van der Waals surface area contributed by atoms with Crippen molar-refractivity contribution in [2.45, 2.75) is 4.90 Å². The fraction of sp³-hybridized carbons (Fsp3) is 0.143. The van der Waals surface area contributed by atoms with Gasteiger partial charge in [0.2, 0.25) is 0 Å². The first-order valence-corrected chi connectivity index (χ1v) is 5.45. The summed E-state index contributed by atoms with van der Waals surface area (Å²) in [4.78, 5) is -0.575. The topological polar surface area (TPSA) is 57.5 Å². The Hall–Kier alpha value is -0.780. The first-order chi connectivity index (χ1) is 5.27. The van der Waals surface area contributed by atoms with Gasteiger partial charge in [0.15, 0.2) is 0 Å². The van der Waals surface area contributed by atoms with Crippen LogP contribution in [-0.4, -0.2) is 19.6 Å². The zero-order chi connectivity index (χ0) is 9.43. The van der Waals surface area contributed by atoms with Gasteiger partial charge in [0.25, 0.3) is 0 Å². The minimum Gasteiger partial charge on any atom is -0.304 e. The fourth-order valence-electron chi connectivity index (χ4n) is 0.826. The van der Waals surface area contributed by atoms with Crippen LogP contribution in [0.1, 0.15) is 0 Å². The van der Waals surface area contributed by atoms with Crippen molar-refractivity contribution in [3.8, 4) is 0 Å². The van der Waals surface area contributed by atoms with Gasteiger partial charge in [-0.15, -0.1) is 0 Å². The highest BCUT2D eigenvalue weighted by atomic mass is 32.3. The predicted molar refractivity (Wildman–Crippen MR) is 44.0 cm³/mol. The molecular weight excluding hydrogens is 183 g/mol. The van der Waals surface area contributed by atoms with Gasteiger partial charge in [-0.2, -0.15) is 0 Å². The summed E-state index contributed by atoms with van der Waals surface area (Å²) in [6, 6.07) is 4.84. The van der Waals surface area contributed by atoms with E-state index in [1.165, 1.54) is 12.1 Å². The van der Waals surface area contributed by atoms with Gasteiger partial charge in [0.1, 0.15) is 15.4 Å². The van der Waals surface area contributed by atoms with Crippen LogP contribution in [0.3, 0.4) is 0 Å². The summed E-state index contributed by atoms with van der Waals surface area (Å²) < 4.78 is 41.9. The van der Waals surface area contributed by atoms with E-state index in [-0.39, 0.29) is 0 Å².